The van der Waals surface area contributed by atoms with Gasteiger partial charge in [-0.1, -0.05) is 51.3 Å². The molecule has 3 amide bonds. The minimum atomic E-state index is -2.82. The van der Waals surface area contributed by atoms with Crippen LogP contribution in [0.3, 0.4) is 0 Å². The first-order chi connectivity index (χ1) is 44.1. The van der Waals surface area contributed by atoms with E-state index < -0.39 is 56.8 Å². The maximum absolute atomic E-state index is 15.5. The number of cyclic esters (lactones) is 1. The number of rotatable bonds is 14. The number of carbonyl (C=O) groups is 4. The van der Waals surface area contributed by atoms with E-state index in [4.69, 9.17) is 14.5 Å². The lowest BCUT2D eigenvalue weighted by Gasteiger charge is -2.45. The van der Waals surface area contributed by atoms with E-state index in [-0.39, 0.29) is 77.6 Å². The number of piperazine rings is 1. The van der Waals surface area contributed by atoms with Gasteiger partial charge in [-0.05, 0) is 195 Å². The molecule has 2 aromatic heterocycles. The van der Waals surface area contributed by atoms with Crippen molar-refractivity contribution in [1.82, 2.24) is 40.2 Å². The highest BCUT2D eigenvalue weighted by molar-refractivity contribution is 7.88. The molecule has 4 unspecified atom stereocenters. The number of methoxy groups -OCH3 is 1. The molecule has 11 atom stereocenters. The van der Waals surface area contributed by atoms with Gasteiger partial charge in [0.05, 0.1) is 52.2 Å². The zero-order valence-corrected chi connectivity index (χ0v) is 56.9. The predicted octanol–water partition coefficient (Wildman–Crippen LogP) is 10.5. The maximum Gasteiger partial charge on any atom is 0.323 e. The molecule has 92 heavy (non-hydrogen) atoms. The SMILES string of the molecule is CCn1c(-c2cc(N3CCN4CCCC[C@@H]4C3)cnc2[C@H](C)OC)c2c3cc(ccc31)-c1cc(cc(C(F)F)c1)C[C@H](NC(=O)[C@H](C1CCCC1)N1CCC3C(CCN3C(=O)C34CC3([S@](=O)C(C)(C)C)[C@@H]4C3CC3)C1)C(=O)NCCC[C@H](NC)C(=O)OCC(C)(C)C2. The number of aryl methyl sites for hydroxylation is 1. The van der Waals surface area contributed by atoms with Crippen LogP contribution in [0.4, 0.5) is 14.5 Å². The normalized spacial score (nSPS) is 30.1. The van der Waals surface area contributed by atoms with Gasteiger partial charge in [-0.2, -0.15) is 0 Å². The predicted molar refractivity (Wildman–Crippen MR) is 357 cm³/mol. The highest BCUT2D eigenvalue weighted by Gasteiger charge is 2.99. The van der Waals surface area contributed by atoms with Crippen molar-refractivity contribution in [3.8, 4) is 22.4 Å². The Morgan fingerprint density at radius 1 is 0.880 bits per heavy atom. The lowest BCUT2D eigenvalue weighted by Crippen LogP contribution is -2.59. The molecule has 4 aromatic rings. The van der Waals surface area contributed by atoms with Gasteiger partial charge >= 0.3 is 5.97 Å². The molecule has 3 N–H and O–H groups in total. The summed E-state index contributed by atoms with van der Waals surface area (Å²) < 4.78 is 59.0. The second kappa shape index (κ2) is 25.7. The molecule has 500 valence electrons. The number of hydrogen-bond acceptors (Lipinski definition) is 12. The van der Waals surface area contributed by atoms with E-state index in [0.29, 0.717) is 68.5 Å². The molecule has 7 heterocycles. The topological polar surface area (TPSA) is 171 Å². The zero-order chi connectivity index (χ0) is 64.8. The number of halogens is 2. The van der Waals surface area contributed by atoms with E-state index in [1.165, 1.54) is 25.3 Å². The van der Waals surface area contributed by atoms with Crippen molar-refractivity contribution in [3.05, 3.63) is 71.0 Å². The van der Waals surface area contributed by atoms with Gasteiger partial charge in [0.1, 0.15) is 12.1 Å². The fraction of sp³-hybridized carbons (Fsp3) is 0.685. The monoisotopic (exact) mass is 1290 g/mol. The van der Waals surface area contributed by atoms with Crippen molar-refractivity contribution >= 4 is 51.1 Å². The van der Waals surface area contributed by atoms with E-state index in [1.807, 2.05) is 46.0 Å². The average Bonchev–Trinajstić information content (AvgIpc) is 1.41. The number of fused-ring (bicyclic) bond motifs is 7. The third kappa shape index (κ3) is 12.1. The van der Waals surface area contributed by atoms with Crippen LogP contribution < -0.4 is 20.9 Å². The second-order valence-corrected chi connectivity index (χ2v) is 33.3. The van der Waals surface area contributed by atoms with E-state index in [1.54, 1.807) is 20.2 Å². The molecule has 0 radical (unpaired) electrons. The molecule has 9 aliphatic rings. The number of likely N-dealkylation sites (N-methyl/N-ethyl adjacent to an activating group) is 1. The Balaban J connectivity index is 0.832. The molecule has 0 spiro atoms. The van der Waals surface area contributed by atoms with E-state index in [2.05, 4.69) is 79.1 Å². The number of nitrogens with zero attached hydrogens (tertiary/aromatic N) is 6. The Labute approximate surface area is 546 Å². The van der Waals surface area contributed by atoms with Gasteiger partial charge in [0.15, 0.2) is 0 Å². The van der Waals surface area contributed by atoms with Crippen molar-refractivity contribution in [2.24, 2.45) is 34.5 Å². The Hall–Kier alpha value is -5.34. The number of anilines is 1. The number of carbonyl (C=O) groups excluding carboxylic acids is 4. The minimum absolute atomic E-state index is 0.0432. The van der Waals surface area contributed by atoms with Crippen molar-refractivity contribution in [1.29, 1.82) is 0 Å². The highest BCUT2D eigenvalue weighted by Crippen LogP contribution is 2.91. The molecule has 4 saturated carbocycles. The number of piperidine rings is 2. The van der Waals surface area contributed by atoms with Crippen molar-refractivity contribution in [2.45, 2.75) is 210 Å². The van der Waals surface area contributed by atoms with Gasteiger partial charge in [-0.3, -0.25) is 38.2 Å². The summed E-state index contributed by atoms with van der Waals surface area (Å²) in [4.78, 5) is 74.2. The Morgan fingerprint density at radius 3 is 2.39 bits per heavy atom. The fourth-order valence-corrected chi connectivity index (χ4v) is 20.9. The molecule has 4 saturated heterocycles. The summed E-state index contributed by atoms with van der Waals surface area (Å²) in [5, 5.41) is 10.4. The Kier molecular flexibility index (Phi) is 18.2. The molecule has 13 rings (SSSR count). The minimum Gasteiger partial charge on any atom is -0.464 e. The quantitative estimate of drug-likeness (QED) is 0.102. The molecule has 4 aliphatic carbocycles. The Bertz CT molecular complexity index is 3490. The van der Waals surface area contributed by atoms with E-state index in [9.17, 15) is 18.6 Å². The number of pyridine rings is 1. The largest absolute Gasteiger partial charge is 0.464 e. The summed E-state index contributed by atoms with van der Waals surface area (Å²) in [5.41, 5.74) is 6.31. The standard InChI is InChI=1S/C73H101F2N9O7S/c1-10-83-60-23-22-48-36-54(60)56(63(83)55-37-53(39-78-61(55)44(2)90-9)81-31-30-80-27-14-13-18-52(80)41-81)38-71(6,7)43-91-68(87)57(76-8)19-15-26-77-66(85)58(34-45-32-50(48)35-51(33-45)65(74)75)79-67(86)62(46-16-11-12-17-46)82-28-25-59-49(40-82)24-29-84(59)69(88)72-42-73(72,64(72)47-20-21-47)92(89)70(3,4)5/h22-23,32-33,35-37,39,44,46-47,49,52,57-59,62,64-65,76H,10-21,24-31,34,38,40-43H2,1-9H3,(H,77,85)(H,79,86)/t44-,49?,52+,57-,58-,59?,62-,64+,72?,73?,92+/m0/s1. The lowest BCUT2D eigenvalue weighted by molar-refractivity contribution is -0.149. The third-order valence-corrected chi connectivity index (χ3v) is 25.8. The van der Waals surface area contributed by atoms with E-state index >= 15 is 13.6 Å². The van der Waals surface area contributed by atoms with Gasteiger partial charge < -0.3 is 39.8 Å². The summed E-state index contributed by atoms with van der Waals surface area (Å²) in [5.74, 6) is 0.0947. The number of alkyl halides is 2. The lowest BCUT2D eigenvalue weighted by atomic mass is 9.84. The summed E-state index contributed by atoms with van der Waals surface area (Å²) in [6, 6.07) is 11.6. The number of hydrogen-bond donors (Lipinski definition) is 3. The van der Waals surface area contributed by atoms with Crippen molar-refractivity contribution in [3.63, 3.8) is 0 Å². The number of likely N-dealkylation sites (tertiary alicyclic amines) is 2. The van der Waals surface area contributed by atoms with Crippen molar-refractivity contribution in [2.75, 3.05) is 78.0 Å². The van der Waals surface area contributed by atoms with Gasteiger partial charge in [-0.15, -0.1) is 0 Å². The highest BCUT2D eigenvalue weighted by atomic mass is 32.2. The molecule has 19 heteroatoms. The number of ether oxygens (including phenoxy) is 2. The first-order valence-electron chi connectivity index (χ1n) is 35.1. The second-order valence-electron chi connectivity index (χ2n) is 30.8. The Morgan fingerprint density at radius 2 is 1.66 bits per heavy atom. The van der Waals surface area contributed by atoms with Crippen LogP contribution in [0, 0.1) is 34.5 Å². The number of amides is 3. The third-order valence-electron chi connectivity index (χ3n) is 23.2. The molecular weight excluding hydrogens is 1180 g/mol. The fourth-order valence-electron chi connectivity index (χ4n) is 18.3. The maximum atomic E-state index is 15.5. The zero-order valence-electron chi connectivity index (χ0n) is 56.1. The van der Waals surface area contributed by atoms with Crippen LogP contribution in [0.1, 0.15) is 173 Å². The van der Waals surface area contributed by atoms with Crippen LogP contribution in [-0.4, -0.2) is 165 Å². The van der Waals surface area contributed by atoms with Crippen LogP contribution in [0.5, 0.6) is 0 Å². The smallest absolute Gasteiger partial charge is 0.323 e. The average molecular weight is 1290 g/mol. The van der Waals surface area contributed by atoms with Crippen molar-refractivity contribution < 1.29 is 41.6 Å². The first kappa shape index (κ1) is 65.3. The number of nitrogens with one attached hydrogen (secondary N) is 3. The number of aromatic nitrogens is 2. The molecule has 5 aliphatic heterocycles. The molecule has 2 aromatic carbocycles. The summed E-state index contributed by atoms with van der Waals surface area (Å²) in [7, 11) is 2.32. The molecule has 16 nitrogen and oxygen atoms in total. The summed E-state index contributed by atoms with van der Waals surface area (Å²) >= 11 is 0. The van der Waals surface area contributed by atoms with Gasteiger partial charge in [0, 0.05) is 121 Å². The summed E-state index contributed by atoms with van der Waals surface area (Å²) in [6.07, 6.45) is 12.0. The number of benzene rings is 2. The first-order valence-corrected chi connectivity index (χ1v) is 36.2. The number of esters is 1. The van der Waals surface area contributed by atoms with Crippen LogP contribution in [0.2, 0.25) is 0 Å². The van der Waals surface area contributed by atoms with Crippen LogP contribution in [0.15, 0.2) is 48.7 Å². The molecule has 8 fully saturated rings. The molecular formula is C73H101F2N9O7S. The van der Waals surface area contributed by atoms with Gasteiger partial charge in [-0.25, -0.2) is 8.78 Å². The summed E-state index contributed by atoms with van der Waals surface area (Å²) in [6.45, 7) is 21.3. The van der Waals surface area contributed by atoms with Crippen LogP contribution in [0.25, 0.3) is 33.3 Å². The molecule has 4 bridgehead atoms. The van der Waals surface area contributed by atoms with Gasteiger partial charge in [0.25, 0.3) is 6.43 Å². The van der Waals surface area contributed by atoms with Crippen LogP contribution >= 0.6 is 0 Å². The van der Waals surface area contributed by atoms with E-state index in [0.717, 1.165) is 129 Å². The van der Waals surface area contributed by atoms with Crippen LogP contribution in [-0.2, 0) is 58.8 Å². The van der Waals surface area contributed by atoms with Gasteiger partial charge in [0.2, 0.25) is 17.7 Å².